The molecule has 0 unspecified atom stereocenters. The van der Waals surface area contributed by atoms with Gasteiger partial charge in [-0.2, -0.15) is 0 Å². The molecular formula is C13H13NO. The summed E-state index contributed by atoms with van der Waals surface area (Å²) >= 11 is 0. The van der Waals surface area contributed by atoms with Gasteiger partial charge in [0, 0.05) is 18.7 Å². The molecule has 0 atom stereocenters. The van der Waals surface area contributed by atoms with E-state index in [4.69, 9.17) is 6.42 Å². The Morgan fingerprint density at radius 1 is 1.47 bits per heavy atom. The van der Waals surface area contributed by atoms with Gasteiger partial charge in [-0.15, -0.1) is 6.42 Å². The van der Waals surface area contributed by atoms with Gasteiger partial charge in [0.15, 0.2) is 0 Å². The number of para-hydroxylation sites is 1. The van der Waals surface area contributed by atoms with E-state index in [9.17, 15) is 4.79 Å². The second-order valence-corrected chi connectivity index (χ2v) is 3.03. The molecule has 0 saturated heterocycles. The summed E-state index contributed by atoms with van der Waals surface area (Å²) in [6.45, 7) is 3.36. The highest BCUT2D eigenvalue weighted by atomic mass is 16.2. The van der Waals surface area contributed by atoms with Crippen molar-refractivity contribution in [3.05, 3.63) is 42.1 Å². The quantitative estimate of drug-likeness (QED) is 0.670. The second-order valence-electron chi connectivity index (χ2n) is 3.03. The number of anilines is 1. The Hall–Kier alpha value is -2.01. The highest BCUT2D eigenvalue weighted by molar-refractivity contribution is 5.94. The van der Waals surface area contributed by atoms with Gasteiger partial charge in [0.25, 0.3) is 0 Å². The monoisotopic (exact) mass is 199 g/mol. The van der Waals surface area contributed by atoms with Crippen LogP contribution in [0.3, 0.4) is 0 Å². The van der Waals surface area contributed by atoms with Crippen LogP contribution in [0.1, 0.15) is 19.4 Å². The summed E-state index contributed by atoms with van der Waals surface area (Å²) in [5, 5.41) is 0. The van der Waals surface area contributed by atoms with Gasteiger partial charge >= 0.3 is 0 Å². The molecule has 0 spiro atoms. The molecule has 1 aromatic rings. The lowest BCUT2D eigenvalue weighted by atomic mass is 10.1. The normalized spacial score (nSPS) is 9.93. The molecule has 0 radical (unpaired) electrons. The van der Waals surface area contributed by atoms with Crippen molar-refractivity contribution in [3.63, 3.8) is 0 Å². The van der Waals surface area contributed by atoms with E-state index in [0.29, 0.717) is 5.56 Å². The average molecular weight is 199 g/mol. The lowest BCUT2D eigenvalue weighted by molar-refractivity contribution is -0.116. The third-order valence-electron chi connectivity index (χ3n) is 1.96. The standard InChI is InChI=1S/C13H13NO/c1-4-10-14(11(3)15)13-9-7-6-8-12(13)5-2/h2,4,6-10H,1,3H3/b10-4+. The third-order valence-corrected chi connectivity index (χ3v) is 1.96. The number of rotatable bonds is 2. The molecule has 2 nitrogen and oxygen atoms in total. The number of amides is 1. The van der Waals surface area contributed by atoms with Crippen LogP contribution in [0.2, 0.25) is 0 Å². The molecule has 0 N–H and O–H groups in total. The van der Waals surface area contributed by atoms with Crippen molar-refractivity contribution in [1.82, 2.24) is 0 Å². The van der Waals surface area contributed by atoms with Crippen molar-refractivity contribution < 1.29 is 4.79 Å². The van der Waals surface area contributed by atoms with E-state index in [0.717, 1.165) is 5.69 Å². The van der Waals surface area contributed by atoms with Crippen LogP contribution in [-0.4, -0.2) is 5.91 Å². The van der Waals surface area contributed by atoms with Crippen LogP contribution in [0.4, 0.5) is 5.69 Å². The molecule has 0 heterocycles. The summed E-state index contributed by atoms with van der Waals surface area (Å²) in [4.78, 5) is 12.9. The molecule has 0 saturated carbocycles. The molecule has 2 heteroatoms. The minimum atomic E-state index is -0.0594. The van der Waals surface area contributed by atoms with E-state index < -0.39 is 0 Å². The van der Waals surface area contributed by atoms with Gasteiger partial charge in [0.05, 0.1) is 5.69 Å². The maximum atomic E-state index is 11.4. The van der Waals surface area contributed by atoms with Gasteiger partial charge in [0.2, 0.25) is 5.91 Å². The predicted molar refractivity (Wildman–Crippen MR) is 62.4 cm³/mol. The van der Waals surface area contributed by atoms with Crippen LogP contribution in [-0.2, 0) is 4.79 Å². The zero-order valence-electron chi connectivity index (χ0n) is 8.90. The summed E-state index contributed by atoms with van der Waals surface area (Å²) < 4.78 is 0. The third kappa shape index (κ3) is 2.47. The van der Waals surface area contributed by atoms with Gasteiger partial charge in [0.1, 0.15) is 0 Å². The molecule has 1 aromatic carbocycles. The summed E-state index contributed by atoms with van der Waals surface area (Å²) in [6, 6.07) is 7.35. The average Bonchev–Trinajstić information content (AvgIpc) is 2.25. The molecule has 0 aromatic heterocycles. The van der Waals surface area contributed by atoms with E-state index in [2.05, 4.69) is 5.92 Å². The minimum Gasteiger partial charge on any atom is -0.287 e. The summed E-state index contributed by atoms with van der Waals surface area (Å²) in [6.07, 6.45) is 8.88. The van der Waals surface area contributed by atoms with Crippen molar-refractivity contribution in [2.75, 3.05) is 4.90 Å². The van der Waals surface area contributed by atoms with Crippen molar-refractivity contribution in [1.29, 1.82) is 0 Å². The molecule has 1 rings (SSSR count). The smallest absolute Gasteiger partial charge is 0.227 e. The van der Waals surface area contributed by atoms with E-state index in [1.54, 1.807) is 12.3 Å². The highest BCUT2D eigenvalue weighted by Crippen LogP contribution is 2.19. The largest absolute Gasteiger partial charge is 0.287 e. The number of hydrogen-bond donors (Lipinski definition) is 0. The van der Waals surface area contributed by atoms with Gasteiger partial charge in [-0.1, -0.05) is 24.1 Å². The first-order valence-electron chi connectivity index (χ1n) is 4.69. The summed E-state index contributed by atoms with van der Waals surface area (Å²) in [5.41, 5.74) is 1.46. The Morgan fingerprint density at radius 3 is 2.67 bits per heavy atom. The molecule has 76 valence electrons. The van der Waals surface area contributed by atoms with Crippen molar-refractivity contribution >= 4 is 11.6 Å². The molecule has 0 aliphatic carbocycles. The number of allylic oxidation sites excluding steroid dienone is 1. The van der Waals surface area contributed by atoms with Gasteiger partial charge in [-0.05, 0) is 19.1 Å². The first-order valence-corrected chi connectivity index (χ1v) is 4.69. The molecule has 1 amide bonds. The SMILES string of the molecule is C#Cc1ccccc1N(/C=C/C)C(C)=O. The zero-order valence-corrected chi connectivity index (χ0v) is 8.90. The Labute approximate surface area is 90.2 Å². The van der Waals surface area contributed by atoms with Crippen LogP contribution in [0, 0.1) is 12.3 Å². The van der Waals surface area contributed by atoms with Crippen LogP contribution in [0.5, 0.6) is 0 Å². The Balaban J connectivity index is 3.23. The first-order chi connectivity index (χ1) is 7.20. The number of benzene rings is 1. The molecular weight excluding hydrogens is 186 g/mol. The van der Waals surface area contributed by atoms with Gasteiger partial charge in [-0.25, -0.2) is 0 Å². The molecule has 0 fully saturated rings. The number of hydrogen-bond acceptors (Lipinski definition) is 1. The molecule has 0 bridgehead atoms. The predicted octanol–water partition coefficient (Wildman–Crippen LogP) is 2.55. The van der Waals surface area contributed by atoms with Crippen LogP contribution in [0.25, 0.3) is 0 Å². The van der Waals surface area contributed by atoms with Gasteiger partial charge in [-0.3, -0.25) is 9.69 Å². The van der Waals surface area contributed by atoms with Crippen molar-refractivity contribution in [2.45, 2.75) is 13.8 Å². The van der Waals surface area contributed by atoms with Crippen LogP contribution < -0.4 is 4.90 Å². The molecule has 15 heavy (non-hydrogen) atoms. The number of nitrogens with zero attached hydrogens (tertiary/aromatic N) is 1. The maximum absolute atomic E-state index is 11.4. The Morgan fingerprint density at radius 2 is 2.13 bits per heavy atom. The molecule has 0 aliphatic heterocycles. The van der Waals surface area contributed by atoms with Crippen LogP contribution in [0.15, 0.2) is 36.5 Å². The molecule has 0 aliphatic rings. The lowest BCUT2D eigenvalue weighted by Crippen LogP contribution is -2.22. The fraction of sp³-hybridized carbons (Fsp3) is 0.154. The fourth-order valence-electron chi connectivity index (χ4n) is 1.31. The van der Waals surface area contributed by atoms with E-state index in [1.807, 2.05) is 31.2 Å². The highest BCUT2D eigenvalue weighted by Gasteiger charge is 2.10. The maximum Gasteiger partial charge on any atom is 0.227 e. The Kier molecular flexibility index (Phi) is 3.70. The van der Waals surface area contributed by atoms with Crippen molar-refractivity contribution in [2.24, 2.45) is 0 Å². The van der Waals surface area contributed by atoms with Crippen molar-refractivity contribution in [3.8, 4) is 12.3 Å². The number of carbonyl (C=O) groups is 1. The van der Waals surface area contributed by atoms with E-state index in [-0.39, 0.29) is 5.91 Å². The van der Waals surface area contributed by atoms with E-state index in [1.165, 1.54) is 11.8 Å². The Bertz CT molecular complexity index is 426. The summed E-state index contributed by atoms with van der Waals surface area (Å²) in [5.74, 6) is 2.50. The zero-order chi connectivity index (χ0) is 11.3. The van der Waals surface area contributed by atoms with Crippen LogP contribution >= 0.6 is 0 Å². The lowest BCUT2D eigenvalue weighted by Gasteiger charge is -2.17. The second kappa shape index (κ2) is 5.02. The topological polar surface area (TPSA) is 20.3 Å². The number of carbonyl (C=O) groups excluding carboxylic acids is 1. The first kappa shape index (κ1) is 11.1. The summed E-state index contributed by atoms with van der Waals surface area (Å²) in [7, 11) is 0. The fourth-order valence-corrected chi connectivity index (χ4v) is 1.31. The number of terminal acetylenes is 1. The van der Waals surface area contributed by atoms with E-state index >= 15 is 0 Å². The minimum absolute atomic E-state index is 0.0594. The van der Waals surface area contributed by atoms with Gasteiger partial charge < -0.3 is 0 Å².